The molecule has 1 aromatic heterocycles. The molecule has 2 aromatic rings. The van der Waals surface area contributed by atoms with E-state index >= 15 is 0 Å². The Morgan fingerprint density at radius 1 is 1.21 bits per heavy atom. The first-order valence-electron chi connectivity index (χ1n) is 8.94. The van der Waals surface area contributed by atoms with Gasteiger partial charge < -0.3 is 5.32 Å². The fraction of sp³-hybridized carbons (Fsp3) is 0.611. The van der Waals surface area contributed by atoms with Gasteiger partial charge in [-0.15, -0.1) is 5.10 Å². The number of para-hydroxylation sites is 1. The lowest BCUT2D eigenvalue weighted by Crippen LogP contribution is -2.23. The topological polar surface area (TPSA) is 55.6 Å². The lowest BCUT2D eigenvalue weighted by atomic mass is 9.95. The van der Waals surface area contributed by atoms with Gasteiger partial charge in [0.25, 0.3) is 0 Å². The molecule has 1 heterocycles. The molecular formula is C18H26ClN5. The largest absolute Gasteiger partial charge is 0.374 e. The lowest BCUT2D eigenvalue weighted by Gasteiger charge is -2.26. The van der Waals surface area contributed by atoms with Crippen LogP contribution in [-0.4, -0.2) is 20.2 Å². The van der Waals surface area contributed by atoms with Crippen LogP contribution in [0, 0.1) is 5.92 Å². The number of aromatic nitrogens is 4. The summed E-state index contributed by atoms with van der Waals surface area (Å²) in [6.07, 6.45) is 7.13. The number of hydrogen-bond acceptors (Lipinski definition) is 4. The minimum atomic E-state index is 0.0572. The molecule has 1 N–H and O–H groups in total. The average molecular weight is 348 g/mol. The molecule has 3 rings (SSSR count). The number of benzene rings is 1. The molecular weight excluding hydrogens is 322 g/mol. The van der Waals surface area contributed by atoms with E-state index in [1.807, 2.05) is 24.3 Å². The van der Waals surface area contributed by atoms with Crippen LogP contribution in [-0.2, 0) is 0 Å². The van der Waals surface area contributed by atoms with Crippen molar-refractivity contribution in [1.29, 1.82) is 0 Å². The molecule has 0 saturated heterocycles. The Bertz CT molecular complexity index is 648. The highest BCUT2D eigenvalue weighted by molar-refractivity contribution is 6.33. The van der Waals surface area contributed by atoms with E-state index < -0.39 is 0 Å². The Morgan fingerprint density at radius 2 is 1.96 bits per heavy atom. The first-order valence-corrected chi connectivity index (χ1v) is 9.31. The average Bonchev–Trinajstić information content (AvgIpc) is 3.06. The maximum absolute atomic E-state index is 6.33. The van der Waals surface area contributed by atoms with Gasteiger partial charge in [0.15, 0.2) is 5.82 Å². The predicted octanol–water partition coefficient (Wildman–Crippen LogP) is 5.03. The minimum Gasteiger partial charge on any atom is -0.374 e. The van der Waals surface area contributed by atoms with Crippen molar-refractivity contribution < 1.29 is 0 Å². The van der Waals surface area contributed by atoms with Crippen LogP contribution in [0.1, 0.15) is 70.3 Å². The Balaban J connectivity index is 1.86. The monoisotopic (exact) mass is 347 g/mol. The van der Waals surface area contributed by atoms with Gasteiger partial charge in [-0.05, 0) is 47.7 Å². The summed E-state index contributed by atoms with van der Waals surface area (Å²) in [5.74, 6) is 1.46. The van der Waals surface area contributed by atoms with Gasteiger partial charge in [0, 0.05) is 0 Å². The molecule has 24 heavy (non-hydrogen) atoms. The predicted molar refractivity (Wildman–Crippen MR) is 97.2 cm³/mol. The van der Waals surface area contributed by atoms with Crippen molar-refractivity contribution in [3.8, 4) is 0 Å². The second-order valence-corrected chi connectivity index (χ2v) is 7.49. The lowest BCUT2D eigenvalue weighted by molar-refractivity contribution is 0.310. The molecule has 0 bridgehead atoms. The smallest absolute Gasteiger partial charge is 0.173 e. The fourth-order valence-corrected chi connectivity index (χ4v) is 3.67. The third kappa shape index (κ3) is 4.07. The Labute approximate surface area is 148 Å². The molecule has 0 aliphatic heterocycles. The molecule has 0 unspecified atom stereocenters. The SMILES string of the molecule is CC(C)C[C@@H](Nc1ccccc1Cl)c1nnnn1C1CCCCC1. The summed E-state index contributed by atoms with van der Waals surface area (Å²) in [6, 6.07) is 8.32. The van der Waals surface area contributed by atoms with Crippen molar-refractivity contribution in [2.45, 2.75) is 64.5 Å². The van der Waals surface area contributed by atoms with Crippen LogP contribution in [0.15, 0.2) is 24.3 Å². The van der Waals surface area contributed by atoms with Crippen LogP contribution in [0.4, 0.5) is 5.69 Å². The zero-order valence-electron chi connectivity index (χ0n) is 14.5. The standard InChI is InChI=1S/C18H26ClN5/c1-13(2)12-17(20-16-11-7-6-10-15(16)19)18-21-22-23-24(18)14-8-4-3-5-9-14/h6-7,10-11,13-14,17,20H,3-5,8-9,12H2,1-2H3/t17-/m1/s1. The van der Waals surface area contributed by atoms with E-state index in [4.69, 9.17) is 11.6 Å². The van der Waals surface area contributed by atoms with Gasteiger partial charge >= 0.3 is 0 Å². The van der Waals surface area contributed by atoms with Gasteiger partial charge in [0.2, 0.25) is 0 Å². The second-order valence-electron chi connectivity index (χ2n) is 7.08. The van der Waals surface area contributed by atoms with Gasteiger partial charge in [-0.1, -0.05) is 56.8 Å². The number of rotatable bonds is 6. The molecule has 5 nitrogen and oxygen atoms in total. The highest BCUT2D eigenvalue weighted by Gasteiger charge is 2.26. The van der Waals surface area contributed by atoms with Gasteiger partial charge in [-0.25, -0.2) is 4.68 Å². The van der Waals surface area contributed by atoms with E-state index in [9.17, 15) is 0 Å². The summed E-state index contributed by atoms with van der Waals surface area (Å²) >= 11 is 6.33. The van der Waals surface area contributed by atoms with Crippen molar-refractivity contribution in [2.24, 2.45) is 5.92 Å². The quantitative estimate of drug-likeness (QED) is 0.796. The molecule has 0 radical (unpaired) electrons. The molecule has 6 heteroatoms. The second kappa shape index (κ2) is 7.97. The van der Waals surface area contributed by atoms with Gasteiger partial charge in [0.05, 0.1) is 22.8 Å². The number of anilines is 1. The van der Waals surface area contributed by atoms with E-state index in [1.165, 1.54) is 32.1 Å². The highest BCUT2D eigenvalue weighted by atomic mass is 35.5. The van der Waals surface area contributed by atoms with Gasteiger partial charge in [0.1, 0.15) is 0 Å². The fourth-order valence-electron chi connectivity index (χ4n) is 3.48. The van der Waals surface area contributed by atoms with Crippen LogP contribution in [0.5, 0.6) is 0 Å². The van der Waals surface area contributed by atoms with Crippen LogP contribution >= 0.6 is 11.6 Å². The summed E-state index contributed by atoms with van der Waals surface area (Å²) in [6.45, 7) is 4.44. The van der Waals surface area contributed by atoms with Gasteiger partial charge in [-0.3, -0.25) is 0 Å². The normalized spacial score (nSPS) is 17.2. The molecule has 130 valence electrons. The third-order valence-electron chi connectivity index (χ3n) is 4.66. The van der Waals surface area contributed by atoms with E-state index in [0.717, 1.165) is 23.0 Å². The van der Waals surface area contributed by atoms with E-state index in [2.05, 4.69) is 39.4 Å². The summed E-state index contributed by atoms with van der Waals surface area (Å²) in [5, 5.41) is 17.0. The zero-order valence-corrected chi connectivity index (χ0v) is 15.2. The number of nitrogens with zero attached hydrogens (tertiary/aromatic N) is 4. The first kappa shape index (κ1) is 17.2. The molecule has 0 amide bonds. The molecule has 1 aromatic carbocycles. The van der Waals surface area contributed by atoms with Crippen LogP contribution in [0.2, 0.25) is 5.02 Å². The van der Waals surface area contributed by atoms with Crippen molar-refractivity contribution in [2.75, 3.05) is 5.32 Å². The highest BCUT2D eigenvalue weighted by Crippen LogP contribution is 2.33. The molecule has 0 spiro atoms. The Kier molecular flexibility index (Phi) is 5.72. The maximum atomic E-state index is 6.33. The Hall–Kier alpha value is -1.62. The first-order chi connectivity index (χ1) is 11.6. The van der Waals surface area contributed by atoms with Crippen LogP contribution in [0.25, 0.3) is 0 Å². The van der Waals surface area contributed by atoms with Crippen molar-refractivity contribution in [3.05, 3.63) is 35.1 Å². The summed E-state index contributed by atoms with van der Waals surface area (Å²) in [7, 11) is 0. The minimum absolute atomic E-state index is 0.0572. The van der Waals surface area contributed by atoms with Crippen molar-refractivity contribution >= 4 is 17.3 Å². The Morgan fingerprint density at radius 3 is 2.67 bits per heavy atom. The zero-order chi connectivity index (χ0) is 16.9. The maximum Gasteiger partial charge on any atom is 0.173 e. The number of tetrazole rings is 1. The van der Waals surface area contributed by atoms with Crippen LogP contribution < -0.4 is 5.32 Å². The third-order valence-corrected chi connectivity index (χ3v) is 4.99. The molecule has 1 fully saturated rings. The van der Waals surface area contributed by atoms with Crippen LogP contribution in [0.3, 0.4) is 0 Å². The summed E-state index contributed by atoms with van der Waals surface area (Å²) < 4.78 is 2.05. The molecule has 1 aliphatic rings. The summed E-state index contributed by atoms with van der Waals surface area (Å²) in [5.41, 5.74) is 0.933. The van der Waals surface area contributed by atoms with Gasteiger partial charge in [-0.2, -0.15) is 0 Å². The summed E-state index contributed by atoms with van der Waals surface area (Å²) in [4.78, 5) is 0. The molecule has 1 saturated carbocycles. The number of halogens is 1. The van der Waals surface area contributed by atoms with E-state index in [0.29, 0.717) is 12.0 Å². The number of nitrogens with one attached hydrogen (secondary N) is 1. The molecule has 1 atom stereocenters. The molecule has 1 aliphatic carbocycles. The van der Waals surface area contributed by atoms with Crippen molar-refractivity contribution in [3.63, 3.8) is 0 Å². The van der Waals surface area contributed by atoms with E-state index in [-0.39, 0.29) is 6.04 Å². The van der Waals surface area contributed by atoms with Crippen molar-refractivity contribution in [1.82, 2.24) is 20.2 Å². The number of hydrogen-bond donors (Lipinski definition) is 1. The van der Waals surface area contributed by atoms with E-state index in [1.54, 1.807) is 0 Å².